The average molecular weight is 326 g/mol. The van der Waals surface area contributed by atoms with E-state index in [1.807, 2.05) is 37.1 Å². The molecule has 3 heterocycles. The molecule has 1 fully saturated rings. The third kappa shape index (κ3) is 4.02. The number of likely N-dealkylation sites (tertiary alicyclic amines) is 1. The van der Waals surface area contributed by atoms with Crippen LogP contribution < -0.4 is 0 Å². The number of aromatic amines is 1. The number of aromatic nitrogens is 3. The standard InChI is InChI=1S/C19H26N4O/c1-14-18(15(2)22-21-14)8-9-19(24)23-11-5-6-16(13-23)12-17-7-3-4-10-20-17/h3-4,7,10,16H,5-6,8-9,11-13H2,1-2H3,(H,21,22)/t16-/m1/s1. The summed E-state index contributed by atoms with van der Waals surface area (Å²) in [6, 6.07) is 6.05. The van der Waals surface area contributed by atoms with Gasteiger partial charge in [-0.1, -0.05) is 6.07 Å². The van der Waals surface area contributed by atoms with E-state index in [9.17, 15) is 4.79 Å². The minimum Gasteiger partial charge on any atom is -0.342 e. The molecule has 0 radical (unpaired) electrons. The van der Waals surface area contributed by atoms with Crippen molar-refractivity contribution in [3.8, 4) is 0 Å². The Labute approximate surface area is 143 Å². The highest BCUT2D eigenvalue weighted by Crippen LogP contribution is 2.21. The van der Waals surface area contributed by atoms with E-state index in [1.165, 1.54) is 12.0 Å². The van der Waals surface area contributed by atoms with Crippen LogP contribution in [0.15, 0.2) is 24.4 Å². The van der Waals surface area contributed by atoms with Crippen LogP contribution in [0.2, 0.25) is 0 Å². The molecule has 1 amide bonds. The predicted octanol–water partition coefficient (Wildman–Crippen LogP) is 2.84. The number of amides is 1. The molecule has 1 atom stereocenters. The molecule has 1 aliphatic heterocycles. The first-order chi connectivity index (χ1) is 11.6. The molecular formula is C19H26N4O. The molecule has 5 heteroatoms. The normalized spacial score (nSPS) is 17.9. The van der Waals surface area contributed by atoms with E-state index >= 15 is 0 Å². The number of piperidine rings is 1. The number of carbonyl (C=O) groups excluding carboxylic acids is 1. The minimum absolute atomic E-state index is 0.265. The second kappa shape index (κ2) is 7.60. The van der Waals surface area contributed by atoms with Crippen molar-refractivity contribution in [1.29, 1.82) is 0 Å². The van der Waals surface area contributed by atoms with Gasteiger partial charge in [-0.3, -0.25) is 14.9 Å². The van der Waals surface area contributed by atoms with E-state index in [2.05, 4.69) is 21.2 Å². The van der Waals surface area contributed by atoms with E-state index in [4.69, 9.17) is 0 Å². The van der Waals surface area contributed by atoms with Gasteiger partial charge < -0.3 is 4.90 Å². The largest absolute Gasteiger partial charge is 0.342 e. The van der Waals surface area contributed by atoms with Crippen molar-refractivity contribution in [2.24, 2.45) is 5.92 Å². The monoisotopic (exact) mass is 326 g/mol. The maximum atomic E-state index is 12.6. The van der Waals surface area contributed by atoms with Gasteiger partial charge in [-0.25, -0.2) is 0 Å². The van der Waals surface area contributed by atoms with Gasteiger partial charge in [0.1, 0.15) is 0 Å². The van der Waals surface area contributed by atoms with Crippen molar-refractivity contribution in [2.45, 2.75) is 46.0 Å². The lowest BCUT2D eigenvalue weighted by molar-refractivity contribution is -0.133. The highest BCUT2D eigenvalue weighted by molar-refractivity contribution is 5.76. The quantitative estimate of drug-likeness (QED) is 0.919. The minimum atomic E-state index is 0.265. The molecule has 0 aromatic carbocycles. The van der Waals surface area contributed by atoms with Crippen molar-refractivity contribution in [3.05, 3.63) is 47.0 Å². The Bertz CT molecular complexity index is 660. The van der Waals surface area contributed by atoms with Gasteiger partial charge in [0.2, 0.25) is 5.91 Å². The molecule has 0 aliphatic carbocycles. The fourth-order valence-corrected chi connectivity index (χ4v) is 3.61. The maximum Gasteiger partial charge on any atom is 0.222 e. The van der Waals surface area contributed by atoms with Gasteiger partial charge in [-0.05, 0) is 63.1 Å². The Morgan fingerprint density at radius 1 is 1.38 bits per heavy atom. The second-order valence-electron chi connectivity index (χ2n) is 6.79. The lowest BCUT2D eigenvalue weighted by Crippen LogP contribution is -2.40. The van der Waals surface area contributed by atoms with Gasteiger partial charge in [-0.2, -0.15) is 5.10 Å². The van der Waals surface area contributed by atoms with E-state index in [1.54, 1.807) is 0 Å². The lowest BCUT2D eigenvalue weighted by atomic mass is 9.93. The SMILES string of the molecule is Cc1n[nH]c(C)c1CCC(=O)N1CCC[C@H](Cc2ccccn2)C1. The summed E-state index contributed by atoms with van der Waals surface area (Å²) in [4.78, 5) is 19.1. The Kier molecular flexibility index (Phi) is 5.28. The molecule has 128 valence electrons. The predicted molar refractivity (Wildman–Crippen MR) is 93.6 cm³/mol. The molecule has 24 heavy (non-hydrogen) atoms. The number of carbonyl (C=O) groups is 1. The van der Waals surface area contributed by atoms with Crippen LogP contribution in [0.3, 0.4) is 0 Å². The number of rotatable bonds is 5. The Hall–Kier alpha value is -2.17. The number of hydrogen-bond acceptors (Lipinski definition) is 3. The number of pyridine rings is 1. The molecule has 2 aromatic heterocycles. The zero-order valence-electron chi connectivity index (χ0n) is 14.6. The van der Waals surface area contributed by atoms with Crippen LogP contribution in [0, 0.1) is 19.8 Å². The van der Waals surface area contributed by atoms with E-state index in [0.29, 0.717) is 12.3 Å². The van der Waals surface area contributed by atoms with Crippen molar-refractivity contribution >= 4 is 5.91 Å². The summed E-state index contributed by atoms with van der Waals surface area (Å²) in [5.41, 5.74) is 4.39. The number of aryl methyl sites for hydroxylation is 2. The fourth-order valence-electron chi connectivity index (χ4n) is 3.61. The first kappa shape index (κ1) is 16.7. The summed E-state index contributed by atoms with van der Waals surface area (Å²) < 4.78 is 0. The van der Waals surface area contributed by atoms with Gasteiger partial charge >= 0.3 is 0 Å². The summed E-state index contributed by atoms with van der Waals surface area (Å²) in [6.07, 6.45) is 6.42. The molecule has 1 aliphatic rings. The van der Waals surface area contributed by atoms with Crippen LogP contribution in [0.25, 0.3) is 0 Å². The number of H-pyrrole nitrogens is 1. The summed E-state index contributed by atoms with van der Waals surface area (Å²) in [5, 5.41) is 7.20. The van der Waals surface area contributed by atoms with Gasteiger partial charge in [0.05, 0.1) is 5.69 Å². The Morgan fingerprint density at radius 3 is 2.96 bits per heavy atom. The molecule has 0 saturated carbocycles. The summed E-state index contributed by atoms with van der Waals surface area (Å²) in [5.74, 6) is 0.788. The van der Waals surface area contributed by atoms with Crippen LogP contribution >= 0.6 is 0 Å². The van der Waals surface area contributed by atoms with Gasteiger partial charge in [0.25, 0.3) is 0 Å². The highest BCUT2D eigenvalue weighted by Gasteiger charge is 2.24. The third-order valence-electron chi connectivity index (χ3n) is 4.97. The molecule has 2 aromatic rings. The second-order valence-corrected chi connectivity index (χ2v) is 6.79. The van der Waals surface area contributed by atoms with Crippen molar-refractivity contribution in [3.63, 3.8) is 0 Å². The first-order valence-corrected chi connectivity index (χ1v) is 8.81. The zero-order chi connectivity index (χ0) is 16.9. The third-order valence-corrected chi connectivity index (χ3v) is 4.97. The molecule has 1 saturated heterocycles. The van der Waals surface area contributed by atoms with E-state index in [0.717, 1.165) is 49.4 Å². The smallest absolute Gasteiger partial charge is 0.222 e. The number of nitrogens with zero attached hydrogens (tertiary/aromatic N) is 3. The van der Waals surface area contributed by atoms with Crippen LogP contribution in [-0.2, 0) is 17.6 Å². The highest BCUT2D eigenvalue weighted by atomic mass is 16.2. The van der Waals surface area contributed by atoms with Gasteiger partial charge in [0.15, 0.2) is 0 Å². The van der Waals surface area contributed by atoms with Crippen molar-refractivity contribution in [1.82, 2.24) is 20.1 Å². The van der Waals surface area contributed by atoms with Crippen LogP contribution in [0.5, 0.6) is 0 Å². The van der Waals surface area contributed by atoms with Crippen LogP contribution in [-0.4, -0.2) is 39.1 Å². The maximum absolute atomic E-state index is 12.6. The number of nitrogens with one attached hydrogen (secondary N) is 1. The Morgan fingerprint density at radius 2 is 2.25 bits per heavy atom. The molecule has 0 unspecified atom stereocenters. The van der Waals surface area contributed by atoms with Crippen molar-refractivity contribution < 1.29 is 4.79 Å². The van der Waals surface area contributed by atoms with E-state index < -0.39 is 0 Å². The molecular weight excluding hydrogens is 300 g/mol. The molecule has 0 spiro atoms. The number of hydrogen-bond donors (Lipinski definition) is 1. The topological polar surface area (TPSA) is 61.9 Å². The molecule has 0 bridgehead atoms. The van der Waals surface area contributed by atoms with Crippen molar-refractivity contribution in [2.75, 3.05) is 13.1 Å². The van der Waals surface area contributed by atoms with Gasteiger partial charge in [0, 0.05) is 37.1 Å². The fraction of sp³-hybridized carbons (Fsp3) is 0.526. The summed E-state index contributed by atoms with van der Waals surface area (Å²) in [7, 11) is 0. The van der Waals surface area contributed by atoms with Gasteiger partial charge in [-0.15, -0.1) is 0 Å². The molecule has 5 nitrogen and oxygen atoms in total. The first-order valence-electron chi connectivity index (χ1n) is 8.81. The van der Waals surface area contributed by atoms with Crippen LogP contribution in [0.1, 0.15) is 41.9 Å². The van der Waals surface area contributed by atoms with Crippen LogP contribution in [0.4, 0.5) is 0 Å². The lowest BCUT2D eigenvalue weighted by Gasteiger charge is -2.33. The average Bonchev–Trinajstić information content (AvgIpc) is 2.92. The summed E-state index contributed by atoms with van der Waals surface area (Å²) >= 11 is 0. The van der Waals surface area contributed by atoms with E-state index in [-0.39, 0.29) is 5.91 Å². The summed E-state index contributed by atoms with van der Waals surface area (Å²) in [6.45, 7) is 5.76. The zero-order valence-corrected chi connectivity index (χ0v) is 14.6. The molecule has 3 rings (SSSR count). The Balaban J connectivity index is 1.53. The molecule has 1 N–H and O–H groups in total.